The Labute approximate surface area is 112 Å². The summed E-state index contributed by atoms with van der Waals surface area (Å²) in [4.78, 5) is 24.7. The minimum absolute atomic E-state index is 0.0627. The number of Topliss-reactive ketones (excluding diaryl/α,β-unsaturated/α-hetero) is 1. The zero-order chi connectivity index (χ0) is 14.9. The van der Waals surface area contributed by atoms with Crippen molar-refractivity contribution in [1.82, 2.24) is 4.98 Å². The van der Waals surface area contributed by atoms with Gasteiger partial charge in [-0.1, -0.05) is 11.3 Å². The summed E-state index contributed by atoms with van der Waals surface area (Å²) in [6, 6.07) is 2.72. The van der Waals surface area contributed by atoms with E-state index in [0.29, 0.717) is 0 Å². The van der Waals surface area contributed by atoms with E-state index in [2.05, 4.69) is 4.98 Å². The van der Waals surface area contributed by atoms with Gasteiger partial charge in [-0.3, -0.25) is 10.1 Å². The number of hydrogen-bond donors (Lipinski definition) is 2. The van der Waals surface area contributed by atoms with Crippen LogP contribution in [0, 0.1) is 0 Å². The Hall–Kier alpha value is -2.36. The zero-order valence-corrected chi connectivity index (χ0v) is 10.2. The van der Waals surface area contributed by atoms with Crippen LogP contribution >= 0.6 is 11.3 Å². The zero-order valence-electron chi connectivity index (χ0n) is 9.39. The summed E-state index contributed by atoms with van der Waals surface area (Å²) in [7, 11) is 0. The Bertz CT molecular complexity index is 648. The first-order valence-corrected chi connectivity index (χ1v) is 5.77. The van der Waals surface area contributed by atoms with Gasteiger partial charge in [-0.2, -0.15) is 13.2 Å². The molecule has 2 rings (SSSR count). The van der Waals surface area contributed by atoms with E-state index in [1.165, 1.54) is 18.4 Å². The van der Waals surface area contributed by atoms with Crippen LogP contribution in [0.15, 0.2) is 22.8 Å². The number of furan rings is 1. The van der Waals surface area contributed by atoms with Gasteiger partial charge in [0.15, 0.2) is 10.9 Å². The number of nitrogens with zero attached hydrogens (tertiary/aromatic N) is 1. The van der Waals surface area contributed by atoms with Gasteiger partial charge < -0.3 is 9.52 Å². The van der Waals surface area contributed by atoms with Gasteiger partial charge in [-0.25, -0.2) is 9.78 Å². The van der Waals surface area contributed by atoms with Crippen LogP contribution < -0.4 is 5.32 Å². The van der Waals surface area contributed by atoms with E-state index >= 15 is 0 Å². The molecular formula is C10H5F3N2O4S. The number of halogens is 3. The van der Waals surface area contributed by atoms with Crippen LogP contribution in [-0.2, 0) is 0 Å². The topological polar surface area (TPSA) is 92.4 Å². The van der Waals surface area contributed by atoms with Gasteiger partial charge in [0, 0.05) is 0 Å². The lowest BCUT2D eigenvalue weighted by molar-refractivity contribution is -0.0882. The summed E-state index contributed by atoms with van der Waals surface area (Å²) in [5, 5.41) is 9.97. The van der Waals surface area contributed by atoms with E-state index in [-0.39, 0.29) is 27.9 Å². The highest BCUT2D eigenvalue weighted by molar-refractivity contribution is 7.18. The summed E-state index contributed by atoms with van der Waals surface area (Å²) in [6.45, 7) is 0. The van der Waals surface area contributed by atoms with E-state index in [9.17, 15) is 22.8 Å². The molecule has 0 aliphatic carbocycles. The standard InChI is InChI=1S/C10H5F3N2O4S/c11-10(12,13)7(16)6-5(4-2-1-3-19-4)14-8(20-6)15-9(17)18/h1-3H,(H,14,15)(H,17,18). The smallest absolute Gasteiger partial charge is 0.455 e. The average Bonchev–Trinajstić information content (AvgIpc) is 2.93. The molecule has 1 amide bonds. The molecule has 10 heteroatoms. The third-order valence-electron chi connectivity index (χ3n) is 2.06. The summed E-state index contributed by atoms with van der Waals surface area (Å²) in [5.74, 6) is -2.17. The molecule has 6 nitrogen and oxygen atoms in total. The molecule has 2 heterocycles. The number of ketones is 1. The number of alkyl halides is 3. The van der Waals surface area contributed by atoms with Crippen molar-refractivity contribution in [2.24, 2.45) is 0 Å². The highest BCUT2D eigenvalue weighted by Crippen LogP contribution is 2.35. The maximum Gasteiger partial charge on any atom is 0.455 e. The lowest BCUT2D eigenvalue weighted by atomic mass is 10.2. The van der Waals surface area contributed by atoms with Crippen molar-refractivity contribution in [3.05, 3.63) is 23.3 Å². The SMILES string of the molecule is O=C(O)Nc1nc(-c2ccco2)c(C(=O)C(F)(F)F)s1. The maximum absolute atomic E-state index is 12.5. The molecule has 0 spiro atoms. The van der Waals surface area contributed by atoms with Crippen molar-refractivity contribution < 1.29 is 32.3 Å². The van der Waals surface area contributed by atoms with Gasteiger partial charge in [0.25, 0.3) is 5.78 Å². The fourth-order valence-corrected chi connectivity index (χ4v) is 2.25. The molecule has 0 saturated carbocycles. The third kappa shape index (κ3) is 2.79. The minimum Gasteiger partial charge on any atom is -0.465 e. The number of anilines is 1. The number of carbonyl (C=O) groups is 2. The van der Waals surface area contributed by atoms with Gasteiger partial charge in [0.2, 0.25) is 0 Å². The van der Waals surface area contributed by atoms with Crippen LogP contribution in [0.3, 0.4) is 0 Å². The molecule has 0 saturated heterocycles. The number of nitrogens with one attached hydrogen (secondary N) is 1. The number of carbonyl (C=O) groups excluding carboxylic acids is 1. The molecule has 0 aliphatic rings. The Balaban J connectivity index is 2.51. The van der Waals surface area contributed by atoms with Crippen molar-refractivity contribution in [3.8, 4) is 11.5 Å². The van der Waals surface area contributed by atoms with Crippen molar-refractivity contribution in [1.29, 1.82) is 0 Å². The first-order valence-electron chi connectivity index (χ1n) is 4.95. The second kappa shape index (κ2) is 4.96. The molecule has 2 aromatic heterocycles. The van der Waals surface area contributed by atoms with Crippen LogP contribution in [0.25, 0.3) is 11.5 Å². The Morgan fingerprint density at radius 3 is 2.60 bits per heavy atom. The van der Waals surface area contributed by atoms with E-state index in [1.807, 2.05) is 0 Å². The predicted octanol–water partition coefficient (Wildman–Crippen LogP) is 3.24. The maximum atomic E-state index is 12.5. The lowest BCUT2D eigenvalue weighted by Crippen LogP contribution is -2.22. The number of amides is 1. The molecule has 106 valence electrons. The van der Waals surface area contributed by atoms with E-state index < -0.39 is 22.9 Å². The Kier molecular flexibility index (Phi) is 3.49. The number of hydrogen-bond acceptors (Lipinski definition) is 5. The summed E-state index contributed by atoms with van der Waals surface area (Å²) >= 11 is 0.288. The highest BCUT2D eigenvalue weighted by atomic mass is 32.1. The third-order valence-corrected chi connectivity index (χ3v) is 3.03. The number of aromatic nitrogens is 1. The van der Waals surface area contributed by atoms with Crippen molar-refractivity contribution in [2.45, 2.75) is 6.18 Å². The van der Waals surface area contributed by atoms with E-state index in [0.717, 1.165) is 0 Å². The van der Waals surface area contributed by atoms with Gasteiger partial charge in [0.05, 0.1) is 6.26 Å². The molecule has 0 bridgehead atoms. The Morgan fingerprint density at radius 1 is 1.40 bits per heavy atom. The molecule has 0 fully saturated rings. The molecule has 0 radical (unpaired) electrons. The number of thiazole rings is 1. The first kappa shape index (κ1) is 14.1. The summed E-state index contributed by atoms with van der Waals surface area (Å²) in [6.07, 6.45) is -5.40. The summed E-state index contributed by atoms with van der Waals surface area (Å²) in [5.41, 5.74) is -0.355. The molecule has 0 aromatic carbocycles. The average molecular weight is 306 g/mol. The second-order valence-corrected chi connectivity index (χ2v) is 4.43. The molecule has 2 aromatic rings. The number of rotatable bonds is 3. The van der Waals surface area contributed by atoms with Crippen LogP contribution in [0.4, 0.5) is 23.1 Å². The van der Waals surface area contributed by atoms with E-state index in [4.69, 9.17) is 9.52 Å². The normalized spacial score (nSPS) is 11.3. The molecular weight excluding hydrogens is 301 g/mol. The van der Waals surface area contributed by atoms with Crippen LogP contribution in [0.2, 0.25) is 0 Å². The Morgan fingerprint density at radius 2 is 2.10 bits per heavy atom. The molecule has 20 heavy (non-hydrogen) atoms. The van der Waals surface area contributed by atoms with Crippen LogP contribution in [-0.4, -0.2) is 28.1 Å². The van der Waals surface area contributed by atoms with Gasteiger partial charge >= 0.3 is 12.3 Å². The van der Waals surface area contributed by atoms with Crippen molar-refractivity contribution in [3.63, 3.8) is 0 Å². The van der Waals surface area contributed by atoms with Crippen LogP contribution in [0.5, 0.6) is 0 Å². The predicted molar refractivity (Wildman–Crippen MR) is 61.8 cm³/mol. The first-order chi connectivity index (χ1) is 9.29. The second-order valence-electron chi connectivity index (χ2n) is 3.43. The van der Waals surface area contributed by atoms with Crippen LogP contribution in [0.1, 0.15) is 9.67 Å². The highest BCUT2D eigenvalue weighted by Gasteiger charge is 2.42. The monoisotopic (exact) mass is 306 g/mol. The quantitative estimate of drug-likeness (QED) is 0.849. The lowest BCUT2D eigenvalue weighted by Gasteiger charge is -2.03. The fourth-order valence-electron chi connectivity index (χ4n) is 1.33. The van der Waals surface area contributed by atoms with Gasteiger partial charge in [-0.05, 0) is 12.1 Å². The summed E-state index contributed by atoms with van der Waals surface area (Å²) < 4.78 is 42.4. The molecule has 0 aliphatic heterocycles. The van der Waals surface area contributed by atoms with Crippen molar-refractivity contribution >= 4 is 28.3 Å². The van der Waals surface area contributed by atoms with Crippen molar-refractivity contribution in [2.75, 3.05) is 5.32 Å². The largest absolute Gasteiger partial charge is 0.465 e. The fraction of sp³-hybridized carbons (Fsp3) is 0.100. The number of carboxylic acid groups (broad SMARTS) is 1. The van der Waals surface area contributed by atoms with Gasteiger partial charge in [-0.15, -0.1) is 0 Å². The molecule has 0 atom stereocenters. The minimum atomic E-state index is -5.09. The molecule has 2 N–H and O–H groups in total. The molecule has 0 unspecified atom stereocenters. The van der Waals surface area contributed by atoms with Gasteiger partial charge in [0.1, 0.15) is 10.6 Å². The van der Waals surface area contributed by atoms with E-state index in [1.54, 1.807) is 5.32 Å².